The number of hydrogen-bond acceptors (Lipinski definition) is 5. The maximum atomic E-state index is 12.1. The molecule has 152 valence electrons. The molecule has 1 amide bonds. The quantitative estimate of drug-likeness (QED) is 0.427. The van der Waals surface area contributed by atoms with E-state index < -0.39 is 24.8 Å². The van der Waals surface area contributed by atoms with E-state index in [0.29, 0.717) is 16.8 Å². The molecule has 0 spiro atoms. The smallest absolute Gasteiger partial charge is 0.452 e. The van der Waals surface area contributed by atoms with E-state index in [1.54, 1.807) is 24.3 Å². The van der Waals surface area contributed by atoms with Gasteiger partial charge in [0.25, 0.3) is 5.91 Å². The van der Waals surface area contributed by atoms with Crippen LogP contribution >= 0.6 is 0 Å². The molecule has 0 fully saturated rings. The van der Waals surface area contributed by atoms with Crippen molar-refractivity contribution >= 4 is 29.4 Å². The van der Waals surface area contributed by atoms with Crippen LogP contribution in [0.15, 0.2) is 54.6 Å². The standard InChI is InChI=1S/C20H16F3NO5/c1-13(25)15-5-7-16(8-6-15)24-18(26)12-28-19(27)11-4-14-2-9-17(10-3-14)29-20(21,22)23/h2-11H,12H2,1H3,(H,24,26)/b11-4+. The summed E-state index contributed by atoms with van der Waals surface area (Å²) in [5.74, 6) is -1.87. The van der Waals surface area contributed by atoms with E-state index in [1.165, 1.54) is 25.1 Å². The predicted molar refractivity (Wildman–Crippen MR) is 98.2 cm³/mol. The Morgan fingerprint density at radius 2 is 1.62 bits per heavy atom. The highest BCUT2D eigenvalue weighted by Crippen LogP contribution is 2.23. The molecule has 0 atom stereocenters. The van der Waals surface area contributed by atoms with Crippen molar-refractivity contribution in [2.75, 3.05) is 11.9 Å². The van der Waals surface area contributed by atoms with Crippen molar-refractivity contribution in [3.8, 4) is 5.75 Å². The van der Waals surface area contributed by atoms with Crippen molar-refractivity contribution < 1.29 is 37.0 Å². The number of ketones is 1. The highest BCUT2D eigenvalue weighted by atomic mass is 19.4. The van der Waals surface area contributed by atoms with Crippen molar-refractivity contribution in [1.29, 1.82) is 0 Å². The van der Waals surface area contributed by atoms with Gasteiger partial charge in [-0.25, -0.2) is 4.79 Å². The summed E-state index contributed by atoms with van der Waals surface area (Å²) in [4.78, 5) is 34.6. The number of benzene rings is 2. The van der Waals surface area contributed by atoms with Gasteiger partial charge in [-0.15, -0.1) is 13.2 Å². The summed E-state index contributed by atoms with van der Waals surface area (Å²) < 4.78 is 44.8. The van der Waals surface area contributed by atoms with E-state index in [9.17, 15) is 27.6 Å². The van der Waals surface area contributed by atoms with Crippen LogP contribution in [0.25, 0.3) is 6.08 Å². The van der Waals surface area contributed by atoms with Crippen LogP contribution in [0, 0.1) is 0 Å². The zero-order chi connectivity index (χ0) is 21.4. The number of esters is 1. The number of hydrogen-bond donors (Lipinski definition) is 1. The van der Waals surface area contributed by atoms with Crippen LogP contribution in [-0.2, 0) is 14.3 Å². The normalized spacial score (nSPS) is 11.2. The van der Waals surface area contributed by atoms with Crippen molar-refractivity contribution in [3.05, 3.63) is 65.7 Å². The minimum absolute atomic E-state index is 0.105. The van der Waals surface area contributed by atoms with Gasteiger partial charge in [0.2, 0.25) is 0 Å². The van der Waals surface area contributed by atoms with Gasteiger partial charge >= 0.3 is 12.3 Å². The minimum Gasteiger partial charge on any atom is -0.452 e. The fraction of sp³-hybridized carbons (Fsp3) is 0.150. The van der Waals surface area contributed by atoms with Crippen LogP contribution < -0.4 is 10.1 Å². The Balaban J connectivity index is 1.79. The molecule has 0 unspecified atom stereocenters. The fourth-order valence-electron chi connectivity index (χ4n) is 2.12. The van der Waals surface area contributed by atoms with E-state index in [0.717, 1.165) is 18.2 Å². The van der Waals surface area contributed by atoms with Crippen molar-refractivity contribution in [1.82, 2.24) is 0 Å². The highest BCUT2D eigenvalue weighted by Gasteiger charge is 2.30. The molecule has 0 radical (unpaired) electrons. The Labute approximate surface area is 163 Å². The number of alkyl halides is 3. The fourth-order valence-corrected chi connectivity index (χ4v) is 2.12. The Morgan fingerprint density at radius 1 is 1.00 bits per heavy atom. The molecule has 6 nitrogen and oxygen atoms in total. The van der Waals surface area contributed by atoms with Crippen molar-refractivity contribution in [2.24, 2.45) is 0 Å². The average molecular weight is 407 g/mol. The number of carbonyl (C=O) groups is 3. The molecular formula is C20H16F3NO5. The van der Waals surface area contributed by atoms with Gasteiger partial charge in [0.05, 0.1) is 0 Å². The molecule has 0 aliphatic carbocycles. The third-order valence-corrected chi connectivity index (χ3v) is 3.45. The molecule has 2 aromatic carbocycles. The van der Waals surface area contributed by atoms with E-state index in [1.807, 2.05) is 0 Å². The first kappa shape index (κ1) is 21.7. The average Bonchev–Trinajstić information content (AvgIpc) is 2.65. The van der Waals surface area contributed by atoms with Crippen LogP contribution in [-0.4, -0.2) is 30.6 Å². The van der Waals surface area contributed by atoms with Crippen molar-refractivity contribution in [2.45, 2.75) is 13.3 Å². The summed E-state index contributed by atoms with van der Waals surface area (Å²) in [6.07, 6.45) is -2.43. The topological polar surface area (TPSA) is 81.7 Å². The Bertz CT molecular complexity index is 903. The highest BCUT2D eigenvalue weighted by molar-refractivity contribution is 5.96. The van der Waals surface area contributed by atoms with Gasteiger partial charge in [-0.1, -0.05) is 12.1 Å². The summed E-state index contributed by atoms with van der Waals surface area (Å²) in [5, 5.41) is 2.50. The maximum Gasteiger partial charge on any atom is 0.573 e. The summed E-state index contributed by atoms with van der Waals surface area (Å²) in [7, 11) is 0. The van der Waals surface area contributed by atoms with E-state index in [2.05, 4.69) is 10.1 Å². The van der Waals surface area contributed by atoms with Gasteiger partial charge in [-0.2, -0.15) is 0 Å². The third kappa shape index (κ3) is 7.87. The van der Waals surface area contributed by atoms with Gasteiger partial charge in [-0.05, 0) is 55.0 Å². The van der Waals surface area contributed by atoms with Crippen LogP contribution in [0.5, 0.6) is 5.75 Å². The lowest BCUT2D eigenvalue weighted by Gasteiger charge is -2.08. The molecule has 2 aromatic rings. The lowest BCUT2D eigenvalue weighted by molar-refractivity contribution is -0.274. The number of rotatable bonds is 7. The van der Waals surface area contributed by atoms with Gasteiger partial charge in [-0.3, -0.25) is 9.59 Å². The molecule has 2 rings (SSSR count). The first-order valence-electron chi connectivity index (χ1n) is 8.24. The second kappa shape index (κ2) is 9.54. The van der Waals surface area contributed by atoms with E-state index >= 15 is 0 Å². The molecule has 0 aliphatic rings. The Kier molecular flexibility index (Phi) is 7.13. The number of Topliss-reactive ketones (excluding diaryl/α,β-unsaturated/α-hetero) is 1. The lowest BCUT2D eigenvalue weighted by Crippen LogP contribution is -2.20. The number of anilines is 1. The molecule has 0 heterocycles. The monoisotopic (exact) mass is 407 g/mol. The summed E-state index contributed by atoms with van der Waals surface area (Å²) in [5.41, 5.74) is 1.37. The number of carbonyl (C=O) groups excluding carboxylic acids is 3. The number of nitrogens with one attached hydrogen (secondary N) is 1. The first-order chi connectivity index (χ1) is 13.6. The summed E-state index contributed by atoms with van der Waals surface area (Å²) in [6.45, 7) is 0.890. The van der Waals surface area contributed by atoms with Crippen LogP contribution in [0.1, 0.15) is 22.8 Å². The Morgan fingerprint density at radius 3 is 2.17 bits per heavy atom. The largest absolute Gasteiger partial charge is 0.573 e. The molecule has 9 heteroatoms. The van der Waals surface area contributed by atoms with E-state index in [4.69, 9.17) is 4.74 Å². The summed E-state index contributed by atoms with van der Waals surface area (Å²) in [6, 6.07) is 11.0. The number of amides is 1. The maximum absolute atomic E-state index is 12.1. The molecule has 1 N–H and O–H groups in total. The van der Waals surface area contributed by atoms with Crippen LogP contribution in [0.4, 0.5) is 18.9 Å². The molecule has 29 heavy (non-hydrogen) atoms. The second-order valence-electron chi connectivity index (χ2n) is 5.74. The third-order valence-electron chi connectivity index (χ3n) is 3.45. The predicted octanol–water partition coefficient (Wildman–Crippen LogP) is 3.98. The van der Waals surface area contributed by atoms with Gasteiger partial charge < -0.3 is 14.8 Å². The molecule has 0 aromatic heterocycles. The molecule has 0 aliphatic heterocycles. The second-order valence-corrected chi connectivity index (χ2v) is 5.74. The molecule has 0 saturated carbocycles. The SMILES string of the molecule is CC(=O)c1ccc(NC(=O)COC(=O)/C=C/c2ccc(OC(F)(F)F)cc2)cc1. The lowest BCUT2D eigenvalue weighted by atomic mass is 10.1. The summed E-state index contributed by atoms with van der Waals surface area (Å²) >= 11 is 0. The van der Waals surface area contributed by atoms with Gasteiger partial charge in [0.15, 0.2) is 12.4 Å². The van der Waals surface area contributed by atoms with Gasteiger partial charge in [0.1, 0.15) is 5.75 Å². The van der Waals surface area contributed by atoms with E-state index in [-0.39, 0.29) is 11.5 Å². The van der Waals surface area contributed by atoms with Gasteiger partial charge in [0, 0.05) is 17.3 Å². The zero-order valence-corrected chi connectivity index (χ0v) is 15.2. The minimum atomic E-state index is -4.78. The number of ether oxygens (including phenoxy) is 2. The molecular weight excluding hydrogens is 391 g/mol. The molecule has 0 saturated heterocycles. The Hall–Kier alpha value is -3.62. The molecule has 0 bridgehead atoms. The number of halogens is 3. The first-order valence-corrected chi connectivity index (χ1v) is 8.24. The van der Waals surface area contributed by atoms with Crippen LogP contribution in [0.2, 0.25) is 0 Å². The zero-order valence-electron chi connectivity index (χ0n) is 15.2. The van der Waals surface area contributed by atoms with Crippen molar-refractivity contribution in [3.63, 3.8) is 0 Å². The van der Waals surface area contributed by atoms with Crippen LogP contribution in [0.3, 0.4) is 0 Å².